The molecule has 0 unspecified atom stereocenters. The Morgan fingerprint density at radius 1 is 1.36 bits per heavy atom. The third-order valence-electron chi connectivity index (χ3n) is 1.79. The summed E-state index contributed by atoms with van der Waals surface area (Å²) in [6.07, 6.45) is 0.582. The summed E-state index contributed by atoms with van der Waals surface area (Å²) in [5, 5.41) is 0. The van der Waals surface area contributed by atoms with Gasteiger partial charge in [-0.2, -0.15) is 0 Å². The Bertz CT molecular complexity index is 294. The smallest absolute Gasteiger partial charge is 0.106 e. The van der Waals surface area contributed by atoms with Crippen LogP contribution in [0.2, 0.25) is 0 Å². The zero-order chi connectivity index (χ0) is 10.6. The maximum Gasteiger partial charge on any atom is 0.106 e. The molecule has 0 N–H and O–H groups in total. The highest BCUT2D eigenvalue weighted by atomic mass is 79.9. The van der Waals surface area contributed by atoms with Crippen LogP contribution in [-0.2, 0) is 0 Å². The predicted molar refractivity (Wildman–Crippen MR) is 64.7 cm³/mol. The van der Waals surface area contributed by atoms with Crippen molar-refractivity contribution in [3.05, 3.63) is 28.7 Å². The lowest BCUT2D eigenvalue weighted by molar-refractivity contribution is 0.212. The molecule has 0 amide bonds. The molecule has 78 valence electrons. The zero-order valence-corrected chi connectivity index (χ0v) is 10.8. The van der Waals surface area contributed by atoms with Crippen molar-refractivity contribution >= 4 is 27.7 Å². The van der Waals surface area contributed by atoms with Crippen molar-refractivity contribution in [2.24, 2.45) is 0 Å². The molecule has 0 aliphatic rings. The van der Waals surface area contributed by atoms with E-state index in [4.69, 9.17) is 0 Å². The Labute approximate surface area is 97.4 Å². The number of alkyl halides is 1. The van der Waals surface area contributed by atoms with E-state index in [2.05, 4.69) is 15.9 Å². The number of benzene rings is 1. The Hall–Kier alpha value is -0.0200. The third-order valence-corrected chi connectivity index (χ3v) is 3.82. The van der Waals surface area contributed by atoms with E-state index in [-0.39, 0.29) is 0 Å². The van der Waals surface area contributed by atoms with Crippen molar-refractivity contribution in [3.63, 3.8) is 0 Å². The first-order valence-electron chi connectivity index (χ1n) is 4.55. The number of halogens is 2. The normalized spacial score (nSPS) is 11.7. The highest BCUT2D eigenvalue weighted by Gasteiger charge is 2.14. The molecule has 0 spiro atoms. The monoisotopic (exact) mass is 276 g/mol. The predicted octanol–water partition coefficient (Wildman–Crippen LogP) is 4.68. The van der Waals surface area contributed by atoms with Crippen LogP contribution in [0.5, 0.6) is 0 Å². The molecular formula is C11H14BrFS. The minimum Gasteiger partial charge on any atom is -0.244 e. The minimum atomic E-state index is -1.06. The number of hydrogen-bond acceptors (Lipinski definition) is 1. The molecule has 0 bridgehead atoms. The molecule has 1 aromatic carbocycles. The van der Waals surface area contributed by atoms with Crippen LogP contribution < -0.4 is 0 Å². The van der Waals surface area contributed by atoms with Gasteiger partial charge in [0.25, 0.3) is 0 Å². The van der Waals surface area contributed by atoms with Gasteiger partial charge in [-0.05, 0) is 48.3 Å². The van der Waals surface area contributed by atoms with E-state index in [0.717, 1.165) is 10.2 Å². The summed E-state index contributed by atoms with van der Waals surface area (Å²) in [6, 6.07) is 8.02. The van der Waals surface area contributed by atoms with Gasteiger partial charge in [-0.15, -0.1) is 11.8 Å². The summed E-state index contributed by atoms with van der Waals surface area (Å²) in [5.41, 5.74) is -1.06. The van der Waals surface area contributed by atoms with Gasteiger partial charge in [0, 0.05) is 15.1 Å². The quantitative estimate of drug-likeness (QED) is 0.720. The second kappa shape index (κ2) is 5.17. The summed E-state index contributed by atoms with van der Waals surface area (Å²) in [6.45, 7) is 3.24. The SMILES string of the molecule is CC(C)(F)CCSc1ccccc1Br. The largest absolute Gasteiger partial charge is 0.244 e. The standard InChI is InChI=1S/C11H14BrFS/c1-11(2,13)7-8-14-10-6-4-3-5-9(10)12/h3-6H,7-8H2,1-2H3. The van der Waals surface area contributed by atoms with Crippen LogP contribution in [0.25, 0.3) is 0 Å². The maximum absolute atomic E-state index is 13.2. The molecule has 1 aromatic rings. The van der Waals surface area contributed by atoms with Gasteiger partial charge in [-0.1, -0.05) is 12.1 Å². The average molecular weight is 277 g/mol. The van der Waals surface area contributed by atoms with Crippen molar-refractivity contribution in [1.82, 2.24) is 0 Å². The maximum atomic E-state index is 13.2. The first kappa shape index (κ1) is 12.1. The van der Waals surface area contributed by atoms with Crippen LogP contribution in [0, 0.1) is 0 Å². The Kier molecular flexibility index (Phi) is 4.45. The van der Waals surface area contributed by atoms with Crippen LogP contribution in [0.1, 0.15) is 20.3 Å². The molecule has 0 saturated heterocycles. The highest BCUT2D eigenvalue weighted by molar-refractivity contribution is 9.10. The molecule has 0 atom stereocenters. The van der Waals surface area contributed by atoms with Gasteiger partial charge >= 0.3 is 0 Å². The Morgan fingerprint density at radius 2 is 2.00 bits per heavy atom. The first-order chi connectivity index (χ1) is 6.49. The third kappa shape index (κ3) is 4.47. The van der Waals surface area contributed by atoms with E-state index in [1.54, 1.807) is 25.6 Å². The van der Waals surface area contributed by atoms with E-state index < -0.39 is 5.67 Å². The fraction of sp³-hybridized carbons (Fsp3) is 0.455. The van der Waals surface area contributed by atoms with Crippen molar-refractivity contribution in [1.29, 1.82) is 0 Å². The van der Waals surface area contributed by atoms with Crippen molar-refractivity contribution in [2.45, 2.75) is 30.8 Å². The van der Waals surface area contributed by atoms with E-state index in [1.807, 2.05) is 24.3 Å². The lowest BCUT2D eigenvalue weighted by Gasteiger charge is -2.13. The molecule has 14 heavy (non-hydrogen) atoms. The van der Waals surface area contributed by atoms with Gasteiger partial charge < -0.3 is 0 Å². The number of thioether (sulfide) groups is 1. The molecule has 1 rings (SSSR count). The first-order valence-corrected chi connectivity index (χ1v) is 6.33. The fourth-order valence-electron chi connectivity index (χ4n) is 0.965. The van der Waals surface area contributed by atoms with Gasteiger partial charge in [0.2, 0.25) is 0 Å². The van der Waals surface area contributed by atoms with Crippen LogP contribution >= 0.6 is 27.7 Å². The van der Waals surface area contributed by atoms with Crippen LogP contribution in [0.3, 0.4) is 0 Å². The zero-order valence-electron chi connectivity index (χ0n) is 8.39. The number of rotatable bonds is 4. The van der Waals surface area contributed by atoms with Crippen molar-refractivity contribution in [2.75, 3.05) is 5.75 Å². The topological polar surface area (TPSA) is 0 Å². The van der Waals surface area contributed by atoms with E-state index in [9.17, 15) is 4.39 Å². The van der Waals surface area contributed by atoms with Gasteiger partial charge in [-0.25, -0.2) is 4.39 Å². The fourth-order valence-corrected chi connectivity index (χ4v) is 2.78. The van der Waals surface area contributed by atoms with Gasteiger partial charge in [0.05, 0.1) is 0 Å². The van der Waals surface area contributed by atoms with Crippen molar-refractivity contribution < 1.29 is 4.39 Å². The lowest BCUT2D eigenvalue weighted by Crippen LogP contribution is -2.12. The molecule has 0 aliphatic heterocycles. The second-order valence-electron chi connectivity index (χ2n) is 3.75. The Morgan fingerprint density at radius 3 is 2.57 bits per heavy atom. The van der Waals surface area contributed by atoms with Crippen molar-refractivity contribution in [3.8, 4) is 0 Å². The van der Waals surface area contributed by atoms with Gasteiger partial charge in [-0.3, -0.25) is 0 Å². The molecule has 3 heteroatoms. The van der Waals surface area contributed by atoms with E-state index >= 15 is 0 Å². The van der Waals surface area contributed by atoms with Crippen LogP contribution in [0.15, 0.2) is 33.6 Å². The lowest BCUT2D eigenvalue weighted by atomic mass is 10.1. The summed E-state index contributed by atoms with van der Waals surface area (Å²) in [4.78, 5) is 1.18. The van der Waals surface area contributed by atoms with Crippen LogP contribution in [0.4, 0.5) is 4.39 Å². The molecule has 0 fully saturated rings. The van der Waals surface area contributed by atoms with E-state index in [0.29, 0.717) is 6.42 Å². The summed E-state index contributed by atoms with van der Waals surface area (Å²) in [7, 11) is 0. The van der Waals surface area contributed by atoms with Gasteiger partial charge in [0.1, 0.15) is 5.67 Å². The van der Waals surface area contributed by atoms with Crippen LogP contribution in [-0.4, -0.2) is 11.4 Å². The molecule has 0 saturated carbocycles. The summed E-state index contributed by atoms with van der Waals surface area (Å²) < 4.78 is 14.3. The summed E-state index contributed by atoms with van der Waals surface area (Å²) in [5.74, 6) is 0.812. The molecular weight excluding hydrogens is 263 g/mol. The molecule has 0 radical (unpaired) electrons. The average Bonchev–Trinajstić information content (AvgIpc) is 2.06. The van der Waals surface area contributed by atoms with E-state index in [1.165, 1.54) is 4.90 Å². The second-order valence-corrected chi connectivity index (χ2v) is 5.74. The highest BCUT2D eigenvalue weighted by Crippen LogP contribution is 2.29. The Balaban J connectivity index is 2.43. The van der Waals surface area contributed by atoms with Gasteiger partial charge in [0.15, 0.2) is 0 Å². The molecule has 0 aromatic heterocycles. The molecule has 0 heterocycles. The number of hydrogen-bond donors (Lipinski definition) is 0. The minimum absolute atomic E-state index is 0.582. The summed E-state index contributed by atoms with van der Waals surface area (Å²) >= 11 is 5.15. The molecule has 0 aliphatic carbocycles. The molecule has 0 nitrogen and oxygen atoms in total.